The van der Waals surface area contributed by atoms with Crippen LogP contribution in [0.15, 0.2) is 84.9 Å². The molecule has 2 aliphatic heterocycles. The third kappa shape index (κ3) is 2.75. The van der Waals surface area contributed by atoms with Gasteiger partial charge in [0.25, 0.3) is 0 Å². The van der Waals surface area contributed by atoms with Gasteiger partial charge in [0.05, 0.1) is 5.56 Å². The summed E-state index contributed by atoms with van der Waals surface area (Å²) in [6, 6.07) is 26.5. The van der Waals surface area contributed by atoms with Crippen LogP contribution in [0.2, 0.25) is 0 Å². The molecule has 5 nitrogen and oxygen atoms in total. The third-order valence-electron chi connectivity index (χ3n) is 6.48. The Labute approximate surface area is 191 Å². The average molecular weight is 435 g/mol. The number of ether oxygens (including phenoxy) is 2. The molecule has 0 aromatic heterocycles. The summed E-state index contributed by atoms with van der Waals surface area (Å²) < 4.78 is 12.6. The van der Waals surface area contributed by atoms with Gasteiger partial charge in [0.1, 0.15) is 17.2 Å². The van der Waals surface area contributed by atoms with E-state index in [0.29, 0.717) is 17.1 Å². The summed E-state index contributed by atoms with van der Waals surface area (Å²) in [5.74, 6) is 1.20. The van der Waals surface area contributed by atoms with Gasteiger partial charge in [-0.25, -0.2) is 4.79 Å². The Morgan fingerprint density at radius 2 is 1.45 bits per heavy atom. The van der Waals surface area contributed by atoms with E-state index >= 15 is 0 Å². The highest BCUT2D eigenvalue weighted by atomic mass is 16.6. The fourth-order valence-corrected chi connectivity index (χ4v) is 4.81. The van der Waals surface area contributed by atoms with Crippen LogP contribution in [0.3, 0.4) is 0 Å². The summed E-state index contributed by atoms with van der Waals surface area (Å²) in [4.78, 5) is 14.9. The molecule has 0 amide bonds. The van der Waals surface area contributed by atoms with Crippen molar-refractivity contribution < 1.29 is 19.4 Å². The number of carbonyl (C=O) groups is 1. The molecule has 1 spiro atoms. The molecule has 4 aromatic rings. The Morgan fingerprint density at radius 3 is 2.24 bits per heavy atom. The van der Waals surface area contributed by atoms with Gasteiger partial charge in [-0.2, -0.15) is 0 Å². The summed E-state index contributed by atoms with van der Waals surface area (Å²) >= 11 is 0. The minimum absolute atomic E-state index is 0.219. The lowest BCUT2D eigenvalue weighted by Crippen LogP contribution is -2.33. The molecule has 1 N–H and O–H groups in total. The molecule has 2 heterocycles. The maximum Gasteiger partial charge on any atom is 0.340 e. The van der Waals surface area contributed by atoms with Crippen molar-refractivity contribution in [3.05, 3.63) is 113 Å². The number of phenols is 1. The number of benzene rings is 4. The zero-order valence-corrected chi connectivity index (χ0v) is 18.2. The van der Waals surface area contributed by atoms with Crippen molar-refractivity contribution in [2.45, 2.75) is 12.5 Å². The van der Waals surface area contributed by atoms with E-state index < -0.39 is 5.60 Å². The Hall–Kier alpha value is -4.25. The lowest BCUT2D eigenvalue weighted by atomic mass is 9.77. The van der Waals surface area contributed by atoms with Gasteiger partial charge in [-0.05, 0) is 61.0 Å². The van der Waals surface area contributed by atoms with Crippen LogP contribution in [0.25, 0.3) is 0 Å². The molecule has 0 saturated heterocycles. The fourth-order valence-electron chi connectivity index (χ4n) is 4.81. The predicted octanol–water partition coefficient (Wildman–Crippen LogP) is 6.04. The Balaban J connectivity index is 1.56. The predicted molar refractivity (Wildman–Crippen MR) is 126 cm³/mol. The lowest BCUT2D eigenvalue weighted by Gasteiger charge is -2.37. The van der Waals surface area contributed by atoms with E-state index in [-0.39, 0.29) is 11.7 Å². The van der Waals surface area contributed by atoms with Crippen LogP contribution in [0.4, 0.5) is 11.4 Å². The molecular formula is C28H21NO4. The third-order valence-corrected chi connectivity index (χ3v) is 6.48. The molecule has 0 saturated carbocycles. The van der Waals surface area contributed by atoms with Crippen LogP contribution >= 0.6 is 0 Å². The van der Waals surface area contributed by atoms with E-state index in [4.69, 9.17) is 9.47 Å². The van der Waals surface area contributed by atoms with E-state index in [2.05, 4.69) is 0 Å². The van der Waals surface area contributed by atoms with E-state index in [1.807, 2.05) is 91.7 Å². The summed E-state index contributed by atoms with van der Waals surface area (Å²) in [5, 5.41) is 9.62. The van der Waals surface area contributed by atoms with Crippen LogP contribution in [0, 0.1) is 6.92 Å². The van der Waals surface area contributed by atoms with Crippen LogP contribution in [0.1, 0.15) is 32.6 Å². The fraction of sp³-hybridized carbons (Fsp3) is 0.107. The van der Waals surface area contributed by atoms with Crippen molar-refractivity contribution in [1.82, 2.24) is 0 Å². The first-order valence-corrected chi connectivity index (χ1v) is 10.8. The van der Waals surface area contributed by atoms with Gasteiger partial charge in [-0.1, -0.05) is 30.3 Å². The average Bonchev–Trinajstić information content (AvgIpc) is 3.12. The molecule has 5 heteroatoms. The van der Waals surface area contributed by atoms with Gasteiger partial charge >= 0.3 is 5.97 Å². The van der Waals surface area contributed by atoms with Crippen LogP contribution in [0.5, 0.6) is 17.2 Å². The Morgan fingerprint density at radius 1 is 0.788 bits per heavy atom. The molecule has 0 radical (unpaired) electrons. The number of phenolic OH excluding ortho intramolecular Hbond substituents is 1. The number of fused-ring (bicyclic) bond motifs is 6. The Bertz CT molecular complexity index is 1430. The van der Waals surface area contributed by atoms with Crippen LogP contribution < -0.4 is 9.64 Å². The highest BCUT2D eigenvalue weighted by Gasteiger charge is 2.53. The van der Waals surface area contributed by atoms with Crippen LogP contribution in [-0.2, 0) is 10.3 Å². The molecule has 0 bridgehead atoms. The summed E-state index contributed by atoms with van der Waals surface area (Å²) in [7, 11) is 1.95. The zero-order valence-electron chi connectivity index (χ0n) is 18.2. The topological polar surface area (TPSA) is 59.0 Å². The number of esters is 1. The van der Waals surface area contributed by atoms with Gasteiger partial charge in [0.2, 0.25) is 0 Å². The van der Waals surface area contributed by atoms with E-state index in [9.17, 15) is 9.90 Å². The number of rotatable bonds is 2. The summed E-state index contributed by atoms with van der Waals surface area (Å²) in [5.41, 5.74) is 4.84. The van der Waals surface area contributed by atoms with Crippen molar-refractivity contribution in [1.29, 1.82) is 0 Å². The van der Waals surface area contributed by atoms with Crippen LogP contribution in [-0.4, -0.2) is 18.1 Å². The number of anilines is 2. The van der Waals surface area contributed by atoms with Crippen molar-refractivity contribution in [3.63, 3.8) is 0 Å². The summed E-state index contributed by atoms with van der Waals surface area (Å²) in [6.07, 6.45) is 0. The van der Waals surface area contributed by atoms with Crippen molar-refractivity contribution >= 4 is 17.3 Å². The van der Waals surface area contributed by atoms with E-state index in [1.54, 1.807) is 12.1 Å². The monoisotopic (exact) mass is 435 g/mol. The van der Waals surface area contributed by atoms with Crippen molar-refractivity contribution in [2.24, 2.45) is 0 Å². The van der Waals surface area contributed by atoms with Crippen molar-refractivity contribution in [3.8, 4) is 17.2 Å². The van der Waals surface area contributed by atoms with Crippen molar-refractivity contribution in [2.75, 3.05) is 11.9 Å². The second kappa shape index (κ2) is 6.87. The first kappa shape index (κ1) is 19.4. The van der Waals surface area contributed by atoms with Gasteiger partial charge in [-0.15, -0.1) is 0 Å². The number of nitrogens with zero attached hydrogens (tertiary/aromatic N) is 1. The number of aryl methyl sites for hydroxylation is 1. The standard InChI is InChI=1S/C28H21NO4/c1-17-7-13-23-25(15-17)32-26-16-19(29(2)18-8-11-20(30)12-9-18)10-14-24(26)28(23)22-6-4-3-5-21(22)27(31)33-28/h3-16,30H,1-2H3. The van der Waals surface area contributed by atoms with Gasteiger partial charge in [-0.3, -0.25) is 0 Å². The highest BCUT2D eigenvalue weighted by molar-refractivity contribution is 5.97. The smallest absolute Gasteiger partial charge is 0.340 e. The SMILES string of the molecule is Cc1ccc2c(c1)Oc1cc(N(C)c3ccc(O)cc3)ccc1C21OC(=O)c2ccccc21. The largest absolute Gasteiger partial charge is 0.508 e. The second-order valence-corrected chi connectivity index (χ2v) is 8.47. The molecular weight excluding hydrogens is 414 g/mol. The zero-order chi connectivity index (χ0) is 22.7. The molecule has 33 heavy (non-hydrogen) atoms. The van der Waals surface area contributed by atoms with E-state index in [1.165, 1.54) is 0 Å². The number of carbonyl (C=O) groups excluding carboxylic acids is 1. The molecule has 6 rings (SSSR count). The first-order valence-electron chi connectivity index (χ1n) is 10.8. The lowest BCUT2D eigenvalue weighted by molar-refractivity contribution is 0.0224. The maximum absolute atomic E-state index is 12.9. The molecule has 1 unspecified atom stereocenters. The number of hydrogen-bond acceptors (Lipinski definition) is 5. The normalized spacial score (nSPS) is 17.6. The first-order chi connectivity index (χ1) is 16.0. The molecule has 0 fully saturated rings. The quantitative estimate of drug-likeness (QED) is 0.389. The molecule has 0 aliphatic carbocycles. The van der Waals surface area contributed by atoms with E-state index in [0.717, 1.165) is 33.6 Å². The second-order valence-electron chi connectivity index (χ2n) is 8.47. The van der Waals surface area contributed by atoms with Gasteiger partial charge in [0.15, 0.2) is 5.60 Å². The minimum Gasteiger partial charge on any atom is -0.508 e. The van der Waals surface area contributed by atoms with Gasteiger partial charge in [0, 0.05) is 41.2 Å². The Kier molecular flexibility index (Phi) is 4.05. The highest BCUT2D eigenvalue weighted by Crippen LogP contribution is 2.56. The summed E-state index contributed by atoms with van der Waals surface area (Å²) in [6.45, 7) is 2.01. The number of aromatic hydroxyl groups is 1. The number of hydrogen-bond donors (Lipinski definition) is 1. The molecule has 4 aromatic carbocycles. The van der Waals surface area contributed by atoms with Gasteiger partial charge < -0.3 is 19.5 Å². The minimum atomic E-state index is -1.06. The maximum atomic E-state index is 12.9. The molecule has 2 aliphatic rings. The molecule has 1 atom stereocenters. The molecule has 162 valence electrons.